The van der Waals surface area contributed by atoms with Crippen LogP contribution in [0.1, 0.15) is 48.3 Å². The smallest absolute Gasteiger partial charge is 0.309 e. The van der Waals surface area contributed by atoms with Crippen molar-refractivity contribution in [1.82, 2.24) is 15.2 Å². The minimum Gasteiger partial charge on any atom is -0.466 e. The molecule has 4 rings (SSSR count). The zero-order valence-electron chi connectivity index (χ0n) is 18.3. The van der Waals surface area contributed by atoms with Gasteiger partial charge in [-0.15, -0.1) is 11.3 Å². The summed E-state index contributed by atoms with van der Waals surface area (Å²) in [5.74, 6) is -0.678. The van der Waals surface area contributed by atoms with Crippen LogP contribution in [-0.4, -0.2) is 47.4 Å². The molecule has 9 heteroatoms. The summed E-state index contributed by atoms with van der Waals surface area (Å²) < 4.78 is 5.76. The molecule has 0 bridgehead atoms. The highest BCUT2D eigenvalue weighted by Crippen LogP contribution is 2.30. The molecule has 1 aliphatic rings. The van der Waals surface area contributed by atoms with Crippen LogP contribution in [0.5, 0.6) is 0 Å². The second-order valence-electron chi connectivity index (χ2n) is 8.07. The third-order valence-electron chi connectivity index (χ3n) is 5.88. The Bertz CT molecular complexity index is 1100. The molecule has 2 N–H and O–H groups in total. The highest BCUT2D eigenvalue weighted by atomic mass is 35.5. The van der Waals surface area contributed by atoms with E-state index in [0.717, 1.165) is 15.8 Å². The average Bonchev–Trinajstić information content (AvgIpc) is 3.37. The summed E-state index contributed by atoms with van der Waals surface area (Å²) in [6.07, 6.45) is 1.32. The van der Waals surface area contributed by atoms with E-state index in [2.05, 4.69) is 10.3 Å². The number of piperidine rings is 1. The minimum atomic E-state index is -0.473. The molecular formula is C24H26ClN3O4S. The summed E-state index contributed by atoms with van der Waals surface area (Å²) in [4.78, 5) is 43.7. The number of carbonyl (C=O) groups is 3. The van der Waals surface area contributed by atoms with Crippen LogP contribution >= 0.6 is 22.9 Å². The van der Waals surface area contributed by atoms with E-state index in [0.29, 0.717) is 42.6 Å². The summed E-state index contributed by atoms with van der Waals surface area (Å²) >= 11 is 7.40. The number of hydrogen-bond acceptors (Lipinski definition) is 5. The standard InChI is InChI=1S/C24H26ClN3O4S/c1-2-32-24(31)16-8-10-28(11-9-16)21(29)14-18(15-6-4-3-5-7-15)26-22(30)19-12-17-13-20(25)33-23(17)27-19/h3-7,12-13,16,18,27H,2,8-11,14H2,1H3,(H,26,30). The fraction of sp³-hybridized carbons (Fsp3) is 0.375. The summed E-state index contributed by atoms with van der Waals surface area (Å²) in [5, 5.41) is 3.89. The van der Waals surface area contributed by atoms with Crippen LogP contribution in [0.25, 0.3) is 10.2 Å². The molecule has 1 aromatic carbocycles. The van der Waals surface area contributed by atoms with Crippen LogP contribution in [0.15, 0.2) is 42.5 Å². The van der Waals surface area contributed by atoms with E-state index in [9.17, 15) is 14.4 Å². The van der Waals surface area contributed by atoms with Gasteiger partial charge in [0.05, 0.1) is 29.3 Å². The second kappa shape index (κ2) is 10.4. The zero-order chi connectivity index (χ0) is 23.4. The van der Waals surface area contributed by atoms with Gasteiger partial charge in [0, 0.05) is 18.5 Å². The molecule has 1 unspecified atom stereocenters. The number of benzene rings is 1. The molecule has 1 saturated heterocycles. The molecule has 1 aliphatic heterocycles. The summed E-state index contributed by atoms with van der Waals surface area (Å²) in [6, 6.07) is 12.6. The minimum absolute atomic E-state index is 0.0503. The van der Waals surface area contributed by atoms with Gasteiger partial charge in [0.15, 0.2) is 0 Å². The first-order chi connectivity index (χ1) is 15.9. The Labute approximate surface area is 201 Å². The SMILES string of the molecule is CCOC(=O)C1CCN(C(=O)CC(NC(=O)c2cc3cc(Cl)sc3[nH]2)c2ccccc2)CC1. The van der Waals surface area contributed by atoms with Gasteiger partial charge in [0.2, 0.25) is 5.91 Å². The van der Waals surface area contributed by atoms with Crippen LogP contribution in [0.2, 0.25) is 4.34 Å². The monoisotopic (exact) mass is 487 g/mol. The number of H-pyrrole nitrogens is 1. The van der Waals surface area contributed by atoms with Crippen molar-refractivity contribution in [2.75, 3.05) is 19.7 Å². The van der Waals surface area contributed by atoms with Crippen molar-refractivity contribution >= 4 is 50.9 Å². The molecule has 2 amide bonds. The van der Waals surface area contributed by atoms with Gasteiger partial charge in [-0.3, -0.25) is 14.4 Å². The van der Waals surface area contributed by atoms with Crippen molar-refractivity contribution < 1.29 is 19.1 Å². The number of ether oxygens (including phenoxy) is 1. The lowest BCUT2D eigenvalue weighted by molar-refractivity contribution is -0.151. The van der Waals surface area contributed by atoms with E-state index in [1.807, 2.05) is 36.4 Å². The Morgan fingerprint density at radius 3 is 2.61 bits per heavy atom. The normalized spacial score (nSPS) is 15.4. The van der Waals surface area contributed by atoms with Crippen molar-refractivity contribution in [3.05, 3.63) is 58.1 Å². The van der Waals surface area contributed by atoms with Gasteiger partial charge in [-0.05, 0) is 37.5 Å². The zero-order valence-corrected chi connectivity index (χ0v) is 19.9. The lowest BCUT2D eigenvalue weighted by Crippen LogP contribution is -2.42. The maximum atomic E-state index is 13.1. The fourth-order valence-electron chi connectivity index (χ4n) is 4.12. The molecule has 2 aromatic heterocycles. The third-order valence-corrected chi connectivity index (χ3v) is 7.07. The number of esters is 1. The molecule has 33 heavy (non-hydrogen) atoms. The Morgan fingerprint density at radius 2 is 1.94 bits per heavy atom. The third kappa shape index (κ3) is 5.57. The van der Waals surface area contributed by atoms with Crippen molar-refractivity contribution in [2.24, 2.45) is 5.92 Å². The Morgan fingerprint density at radius 1 is 1.21 bits per heavy atom. The Kier molecular flexibility index (Phi) is 7.35. The van der Waals surface area contributed by atoms with Gasteiger partial charge in [0.25, 0.3) is 5.91 Å². The number of nitrogens with one attached hydrogen (secondary N) is 2. The first-order valence-electron chi connectivity index (χ1n) is 11.0. The molecule has 174 valence electrons. The Balaban J connectivity index is 1.43. The van der Waals surface area contributed by atoms with Gasteiger partial charge in [0.1, 0.15) is 10.5 Å². The Hall–Kier alpha value is -2.84. The van der Waals surface area contributed by atoms with Gasteiger partial charge in [-0.1, -0.05) is 41.9 Å². The highest BCUT2D eigenvalue weighted by molar-refractivity contribution is 7.22. The number of likely N-dealkylation sites (tertiary alicyclic amines) is 1. The average molecular weight is 488 g/mol. The number of halogens is 1. The number of thiophene rings is 1. The first-order valence-corrected chi connectivity index (χ1v) is 12.2. The quantitative estimate of drug-likeness (QED) is 0.478. The van der Waals surface area contributed by atoms with Crippen molar-refractivity contribution in [3.63, 3.8) is 0 Å². The van der Waals surface area contributed by atoms with Gasteiger partial charge >= 0.3 is 5.97 Å². The number of aromatic amines is 1. The maximum absolute atomic E-state index is 13.1. The van der Waals surface area contributed by atoms with Crippen LogP contribution in [0.4, 0.5) is 0 Å². The van der Waals surface area contributed by atoms with E-state index in [1.54, 1.807) is 17.9 Å². The maximum Gasteiger partial charge on any atom is 0.309 e. The largest absolute Gasteiger partial charge is 0.466 e. The predicted octanol–water partition coefficient (Wildman–Crippen LogP) is 4.55. The predicted molar refractivity (Wildman–Crippen MR) is 128 cm³/mol. The van der Waals surface area contributed by atoms with Gasteiger partial charge in [-0.2, -0.15) is 0 Å². The number of fused-ring (bicyclic) bond motifs is 1. The molecule has 7 nitrogen and oxygen atoms in total. The molecule has 0 radical (unpaired) electrons. The molecule has 3 aromatic rings. The van der Waals surface area contributed by atoms with Crippen LogP contribution < -0.4 is 5.32 Å². The number of rotatable bonds is 7. The topological polar surface area (TPSA) is 91.5 Å². The van der Waals surface area contributed by atoms with Gasteiger partial charge in [-0.25, -0.2) is 0 Å². The number of nitrogens with zero attached hydrogens (tertiary/aromatic N) is 1. The first kappa shape index (κ1) is 23.3. The molecule has 0 aliphatic carbocycles. The van der Waals surface area contributed by atoms with E-state index < -0.39 is 6.04 Å². The van der Waals surface area contributed by atoms with Crippen LogP contribution in [-0.2, 0) is 14.3 Å². The lowest BCUT2D eigenvalue weighted by Gasteiger charge is -2.32. The van der Waals surface area contributed by atoms with Crippen LogP contribution in [0.3, 0.4) is 0 Å². The number of aromatic nitrogens is 1. The van der Waals surface area contributed by atoms with Crippen molar-refractivity contribution in [1.29, 1.82) is 0 Å². The highest BCUT2D eigenvalue weighted by Gasteiger charge is 2.30. The van der Waals surface area contributed by atoms with E-state index in [4.69, 9.17) is 16.3 Å². The van der Waals surface area contributed by atoms with Crippen LogP contribution in [0, 0.1) is 5.92 Å². The van der Waals surface area contributed by atoms with Crippen molar-refractivity contribution in [3.8, 4) is 0 Å². The fourth-order valence-corrected chi connectivity index (χ4v) is 5.24. The molecular weight excluding hydrogens is 462 g/mol. The number of carbonyl (C=O) groups excluding carboxylic acids is 3. The molecule has 0 spiro atoms. The molecule has 1 fully saturated rings. The van der Waals surface area contributed by atoms with Gasteiger partial charge < -0.3 is 19.9 Å². The summed E-state index contributed by atoms with van der Waals surface area (Å²) in [5.41, 5.74) is 1.29. The molecule has 0 saturated carbocycles. The lowest BCUT2D eigenvalue weighted by atomic mass is 9.96. The molecule has 1 atom stereocenters. The number of amides is 2. The second-order valence-corrected chi connectivity index (χ2v) is 9.75. The van der Waals surface area contributed by atoms with Crippen molar-refractivity contribution in [2.45, 2.75) is 32.2 Å². The molecule has 3 heterocycles. The van der Waals surface area contributed by atoms with E-state index >= 15 is 0 Å². The number of hydrogen-bond donors (Lipinski definition) is 2. The van der Waals surface area contributed by atoms with E-state index in [1.165, 1.54) is 11.3 Å². The summed E-state index contributed by atoms with van der Waals surface area (Å²) in [6.45, 7) is 3.17. The summed E-state index contributed by atoms with van der Waals surface area (Å²) in [7, 11) is 0. The van der Waals surface area contributed by atoms with E-state index in [-0.39, 0.29) is 30.1 Å².